The van der Waals surface area contributed by atoms with Gasteiger partial charge >= 0.3 is 0 Å². The summed E-state index contributed by atoms with van der Waals surface area (Å²) in [5.74, 6) is -1.05. The number of aryl methyl sites for hydroxylation is 1. The molecule has 2 atom stereocenters. The fourth-order valence-corrected chi connectivity index (χ4v) is 5.80. The maximum atomic E-state index is 12.3. The molecule has 0 N–H and O–H groups in total. The fourth-order valence-electron chi connectivity index (χ4n) is 4.73. The molecule has 0 amide bonds. The lowest BCUT2D eigenvalue weighted by Crippen LogP contribution is -2.45. The Labute approximate surface area is 200 Å². The predicted octanol–water partition coefficient (Wildman–Crippen LogP) is 2.68. The van der Waals surface area contributed by atoms with E-state index in [0.29, 0.717) is 45.1 Å². The lowest BCUT2D eigenvalue weighted by atomic mass is 9.85. The van der Waals surface area contributed by atoms with E-state index in [1.807, 2.05) is 13.8 Å². The van der Waals surface area contributed by atoms with Crippen molar-refractivity contribution >= 4 is 21.7 Å². The van der Waals surface area contributed by atoms with E-state index in [9.17, 15) is 18.0 Å². The summed E-state index contributed by atoms with van der Waals surface area (Å²) in [6.45, 7) is 6.08. The molecule has 0 bridgehead atoms. The number of benzene rings is 1. The zero-order valence-corrected chi connectivity index (χ0v) is 20.4. The third kappa shape index (κ3) is 5.75. The predicted molar refractivity (Wildman–Crippen MR) is 119 cm³/mol. The third-order valence-corrected chi connectivity index (χ3v) is 8.04. The Morgan fingerprint density at radius 2 is 1.32 bits per heavy atom. The van der Waals surface area contributed by atoms with Crippen LogP contribution in [0.1, 0.15) is 51.0 Å². The fraction of sp³-hybridized carbons (Fsp3) is 0.667. The lowest BCUT2D eigenvalue weighted by molar-refractivity contribution is -0.193. The normalized spacial score (nSPS) is 28.2. The number of rotatable bonds is 3. The second kappa shape index (κ2) is 10.1. The van der Waals surface area contributed by atoms with Gasteiger partial charge in [-0.05, 0) is 19.1 Å². The highest BCUT2D eigenvalue weighted by Gasteiger charge is 2.47. The second-order valence-corrected chi connectivity index (χ2v) is 10.9. The molecule has 2 aliphatic heterocycles. The molecule has 0 aromatic heterocycles. The van der Waals surface area contributed by atoms with Crippen molar-refractivity contribution in [1.82, 2.24) is 0 Å². The first-order valence-corrected chi connectivity index (χ1v) is 13.1. The van der Waals surface area contributed by atoms with Crippen LogP contribution in [-0.2, 0) is 42.8 Å². The summed E-state index contributed by atoms with van der Waals surface area (Å²) in [4.78, 5) is 23.3. The van der Waals surface area contributed by atoms with Crippen molar-refractivity contribution in [2.75, 3.05) is 26.4 Å². The number of hydrogen-bond acceptors (Lipinski definition) is 9. The standard InChI is InChI=1S/C15H18O6S.C9H14O3/c1-11-2-4-12(5-3-11)22(17,18)21-14-10-15(7-6-13(14)16)19-8-9-20-15;1-7-6-9(3-2-8(7)10)11-4-5-12-9/h2-5,14H,6-10H2,1H3;7H,2-6H2,1H3. The molecule has 5 rings (SSSR count). The van der Waals surface area contributed by atoms with Crippen LogP contribution < -0.4 is 0 Å². The summed E-state index contributed by atoms with van der Waals surface area (Å²) in [6, 6.07) is 6.31. The maximum absolute atomic E-state index is 12.3. The molecule has 2 aliphatic carbocycles. The average Bonchev–Trinajstić information content (AvgIpc) is 3.45. The van der Waals surface area contributed by atoms with Gasteiger partial charge in [-0.15, -0.1) is 0 Å². The first kappa shape index (κ1) is 25.4. The summed E-state index contributed by atoms with van der Waals surface area (Å²) in [7, 11) is -3.99. The molecular formula is C24H32O9S. The molecule has 9 nitrogen and oxygen atoms in total. The van der Waals surface area contributed by atoms with Crippen LogP contribution in [-0.4, -0.2) is 64.1 Å². The quantitative estimate of drug-likeness (QED) is 0.583. The van der Waals surface area contributed by atoms with Crippen LogP contribution in [0.15, 0.2) is 29.2 Å². The summed E-state index contributed by atoms with van der Waals surface area (Å²) in [5, 5.41) is 0. The Morgan fingerprint density at radius 3 is 1.85 bits per heavy atom. The van der Waals surface area contributed by atoms with Gasteiger partial charge in [0.1, 0.15) is 11.9 Å². The number of ether oxygens (including phenoxy) is 4. The molecule has 4 aliphatic rings. The molecule has 10 heteroatoms. The van der Waals surface area contributed by atoms with E-state index < -0.39 is 27.8 Å². The van der Waals surface area contributed by atoms with Gasteiger partial charge in [0.05, 0.1) is 31.3 Å². The highest BCUT2D eigenvalue weighted by Crippen LogP contribution is 2.37. The topological polar surface area (TPSA) is 114 Å². The minimum atomic E-state index is -3.99. The van der Waals surface area contributed by atoms with E-state index in [-0.39, 0.29) is 29.4 Å². The monoisotopic (exact) mass is 496 g/mol. The summed E-state index contributed by atoms with van der Waals surface area (Å²) in [6.07, 6.45) is 1.78. The lowest BCUT2D eigenvalue weighted by Gasteiger charge is -2.34. The van der Waals surface area contributed by atoms with Gasteiger partial charge in [-0.2, -0.15) is 8.42 Å². The van der Waals surface area contributed by atoms with Crippen LogP contribution in [0, 0.1) is 12.8 Å². The average molecular weight is 497 g/mol. The molecule has 1 aromatic carbocycles. The van der Waals surface area contributed by atoms with Crippen molar-refractivity contribution in [3.05, 3.63) is 29.8 Å². The van der Waals surface area contributed by atoms with Crippen LogP contribution in [0.4, 0.5) is 0 Å². The minimum Gasteiger partial charge on any atom is -0.347 e. The van der Waals surface area contributed by atoms with Gasteiger partial charge < -0.3 is 18.9 Å². The van der Waals surface area contributed by atoms with Crippen LogP contribution in [0.5, 0.6) is 0 Å². The Balaban J connectivity index is 0.000000192. The zero-order valence-electron chi connectivity index (χ0n) is 19.6. The van der Waals surface area contributed by atoms with Gasteiger partial charge in [-0.25, -0.2) is 0 Å². The minimum absolute atomic E-state index is 0.0405. The number of carbonyl (C=O) groups excluding carboxylic acids is 2. The van der Waals surface area contributed by atoms with Crippen molar-refractivity contribution in [3.8, 4) is 0 Å². The summed E-state index contributed by atoms with van der Waals surface area (Å²) in [5.41, 5.74) is 0.944. The SMILES string of the molecule is CC1CC2(CCC1=O)OCCO2.Cc1ccc(S(=O)(=O)OC2CC3(CCC2=O)OCCO3)cc1. The number of ketones is 2. The first-order valence-electron chi connectivity index (χ1n) is 11.7. The van der Waals surface area contributed by atoms with E-state index in [2.05, 4.69) is 0 Å². The summed E-state index contributed by atoms with van der Waals surface area (Å²) < 4.78 is 51.9. The molecule has 34 heavy (non-hydrogen) atoms. The Morgan fingerprint density at radius 1 is 0.824 bits per heavy atom. The number of Topliss-reactive ketones (excluding diaryl/α,β-unsaturated/α-hetero) is 2. The molecule has 2 unspecified atom stereocenters. The number of carbonyl (C=O) groups is 2. The van der Waals surface area contributed by atoms with E-state index >= 15 is 0 Å². The van der Waals surface area contributed by atoms with Crippen molar-refractivity contribution < 1.29 is 41.1 Å². The molecule has 188 valence electrons. The Kier molecular flexibility index (Phi) is 7.56. The van der Waals surface area contributed by atoms with Crippen LogP contribution in [0.3, 0.4) is 0 Å². The Bertz CT molecular complexity index is 990. The van der Waals surface area contributed by atoms with Crippen molar-refractivity contribution in [3.63, 3.8) is 0 Å². The van der Waals surface area contributed by atoms with Crippen LogP contribution >= 0.6 is 0 Å². The molecule has 2 spiro atoms. The van der Waals surface area contributed by atoms with Crippen LogP contribution in [0.25, 0.3) is 0 Å². The molecule has 2 heterocycles. The third-order valence-electron chi connectivity index (χ3n) is 6.71. The second-order valence-electron chi connectivity index (χ2n) is 9.31. The molecule has 1 aromatic rings. The Hall–Kier alpha value is -1.69. The molecular weight excluding hydrogens is 464 g/mol. The van der Waals surface area contributed by atoms with E-state index in [1.54, 1.807) is 12.1 Å². The van der Waals surface area contributed by atoms with Crippen molar-refractivity contribution in [2.24, 2.45) is 5.92 Å². The zero-order chi connectivity index (χ0) is 24.4. The van der Waals surface area contributed by atoms with Gasteiger partial charge in [-0.3, -0.25) is 13.8 Å². The van der Waals surface area contributed by atoms with Gasteiger partial charge in [0.15, 0.2) is 17.4 Å². The first-order chi connectivity index (χ1) is 16.1. The highest BCUT2D eigenvalue weighted by atomic mass is 32.2. The highest BCUT2D eigenvalue weighted by molar-refractivity contribution is 7.86. The number of hydrogen-bond donors (Lipinski definition) is 0. The van der Waals surface area contributed by atoms with E-state index in [0.717, 1.165) is 18.4 Å². The molecule has 4 fully saturated rings. The van der Waals surface area contributed by atoms with Gasteiger partial charge in [0.25, 0.3) is 10.1 Å². The van der Waals surface area contributed by atoms with Crippen molar-refractivity contribution in [2.45, 2.75) is 74.9 Å². The molecule has 2 saturated heterocycles. The van der Waals surface area contributed by atoms with Crippen molar-refractivity contribution in [1.29, 1.82) is 0 Å². The van der Waals surface area contributed by atoms with Crippen LogP contribution in [0.2, 0.25) is 0 Å². The van der Waals surface area contributed by atoms with E-state index in [1.165, 1.54) is 12.1 Å². The summed E-state index contributed by atoms with van der Waals surface area (Å²) >= 11 is 0. The maximum Gasteiger partial charge on any atom is 0.297 e. The molecule has 0 radical (unpaired) electrons. The largest absolute Gasteiger partial charge is 0.347 e. The van der Waals surface area contributed by atoms with Gasteiger partial charge in [0, 0.05) is 44.4 Å². The van der Waals surface area contributed by atoms with E-state index in [4.69, 9.17) is 23.1 Å². The van der Waals surface area contributed by atoms with Gasteiger partial charge in [-0.1, -0.05) is 24.6 Å². The smallest absolute Gasteiger partial charge is 0.297 e. The molecule has 2 saturated carbocycles. The van der Waals surface area contributed by atoms with Gasteiger partial charge in [0.2, 0.25) is 0 Å².